The molecule has 27 heavy (non-hydrogen) atoms. The number of carbonyl (C=O) groups is 1. The van der Waals surface area contributed by atoms with Gasteiger partial charge in [0, 0.05) is 6.42 Å². The summed E-state index contributed by atoms with van der Waals surface area (Å²) in [5.41, 5.74) is 2.17. The van der Waals surface area contributed by atoms with E-state index in [4.69, 9.17) is 10.00 Å². The predicted molar refractivity (Wildman–Crippen MR) is 102 cm³/mol. The van der Waals surface area contributed by atoms with E-state index in [9.17, 15) is 9.59 Å². The van der Waals surface area contributed by atoms with Crippen molar-refractivity contribution >= 4 is 16.9 Å². The Kier molecular flexibility index (Phi) is 5.32. The van der Waals surface area contributed by atoms with E-state index in [1.165, 1.54) is 11.5 Å². The highest BCUT2D eigenvalue weighted by molar-refractivity contribution is 5.78. The van der Waals surface area contributed by atoms with Crippen molar-refractivity contribution in [1.29, 1.82) is 5.26 Å². The number of para-hydroxylation sites is 1. The zero-order valence-electron chi connectivity index (χ0n) is 15.2. The molecule has 0 bridgehead atoms. The van der Waals surface area contributed by atoms with Crippen molar-refractivity contribution < 1.29 is 9.53 Å². The first-order valence-corrected chi connectivity index (χ1v) is 8.66. The molecule has 6 nitrogen and oxygen atoms in total. The Labute approximate surface area is 156 Å². The van der Waals surface area contributed by atoms with Crippen molar-refractivity contribution in [2.24, 2.45) is 0 Å². The lowest BCUT2D eigenvalue weighted by Gasteiger charge is -2.14. The lowest BCUT2D eigenvalue weighted by molar-refractivity contribution is -0.145. The van der Waals surface area contributed by atoms with Gasteiger partial charge in [-0.2, -0.15) is 5.26 Å². The number of esters is 1. The van der Waals surface area contributed by atoms with Crippen LogP contribution in [-0.2, 0) is 16.0 Å². The third kappa shape index (κ3) is 4.04. The van der Waals surface area contributed by atoms with Crippen LogP contribution < -0.4 is 5.56 Å². The van der Waals surface area contributed by atoms with Crippen molar-refractivity contribution in [1.82, 2.24) is 9.55 Å². The lowest BCUT2D eigenvalue weighted by Crippen LogP contribution is -2.25. The molecule has 0 amide bonds. The van der Waals surface area contributed by atoms with Crippen LogP contribution in [0.2, 0.25) is 0 Å². The lowest BCUT2D eigenvalue weighted by atomic mass is 10.2. The molecule has 136 valence electrons. The first-order valence-electron chi connectivity index (χ1n) is 8.66. The fourth-order valence-electron chi connectivity index (χ4n) is 2.80. The number of nitriles is 1. The fraction of sp³-hybridized carbons (Fsp3) is 0.238. The fourth-order valence-corrected chi connectivity index (χ4v) is 2.80. The molecule has 0 saturated heterocycles. The molecule has 0 unspecified atom stereocenters. The van der Waals surface area contributed by atoms with Crippen LogP contribution in [0, 0.1) is 18.3 Å². The molecule has 0 aliphatic carbocycles. The zero-order valence-corrected chi connectivity index (χ0v) is 15.2. The molecule has 1 atom stereocenters. The van der Waals surface area contributed by atoms with Gasteiger partial charge in [-0.15, -0.1) is 0 Å². The Morgan fingerprint density at radius 2 is 1.93 bits per heavy atom. The van der Waals surface area contributed by atoms with E-state index in [-0.39, 0.29) is 18.4 Å². The van der Waals surface area contributed by atoms with Crippen LogP contribution in [0.25, 0.3) is 16.6 Å². The van der Waals surface area contributed by atoms with Gasteiger partial charge in [0.2, 0.25) is 0 Å². The van der Waals surface area contributed by atoms with Crippen molar-refractivity contribution in [3.05, 3.63) is 70.3 Å². The van der Waals surface area contributed by atoms with Crippen LogP contribution in [0.15, 0.2) is 53.3 Å². The molecule has 3 rings (SSSR count). The molecule has 0 saturated carbocycles. The minimum absolute atomic E-state index is 0.0304. The van der Waals surface area contributed by atoms with E-state index in [1.807, 2.05) is 43.3 Å². The Hall–Kier alpha value is -3.46. The average molecular weight is 361 g/mol. The predicted octanol–water partition coefficient (Wildman–Crippen LogP) is 3.08. The molecule has 6 heteroatoms. The Morgan fingerprint density at radius 1 is 1.22 bits per heavy atom. The van der Waals surface area contributed by atoms with Gasteiger partial charge in [-0.1, -0.05) is 29.8 Å². The maximum atomic E-state index is 13.1. The highest BCUT2D eigenvalue weighted by atomic mass is 16.5. The second-order valence-corrected chi connectivity index (χ2v) is 6.28. The van der Waals surface area contributed by atoms with E-state index < -0.39 is 12.1 Å². The van der Waals surface area contributed by atoms with Crippen LogP contribution in [0.3, 0.4) is 0 Å². The monoisotopic (exact) mass is 361 g/mol. The molecule has 0 fully saturated rings. The summed E-state index contributed by atoms with van der Waals surface area (Å²) < 4.78 is 6.52. The first kappa shape index (κ1) is 18.3. The van der Waals surface area contributed by atoms with Crippen molar-refractivity contribution in [2.45, 2.75) is 32.8 Å². The van der Waals surface area contributed by atoms with Crippen LogP contribution in [0.5, 0.6) is 0 Å². The Bertz CT molecular complexity index is 1080. The number of hydrogen-bond acceptors (Lipinski definition) is 5. The third-order valence-electron chi connectivity index (χ3n) is 4.18. The zero-order chi connectivity index (χ0) is 19.4. The number of aromatic nitrogens is 2. The van der Waals surface area contributed by atoms with Crippen LogP contribution in [-0.4, -0.2) is 21.6 Å². The largest absolute Gasteiger partial charge is 0.447 e. The molecule has 0 radical (unpaired) electrons. The summed E-state index contributed by atoms with van der Waals surface area (Å²) in [6.45, 7) is 3.48. The summed E-state index contributed by atoms with van der Waals surface area (Å²) in [5, 5.41) is 9.27. The number of nitrogens with zero attached hydrogens (tertiary/aromatic N) is 3. The topological polar surface area (TPSA) is 85.0 Å². The van der Waals surface area contributed by atoms with E-state index in [0.29, 0.717) is 22.4 Å². The Morgan fingerprint density at radius 3 is 2.63 bits per heavy atom. The molecule has 1 heterocycles. The summed E-state index contributed by atoms with van der Waals surface area (Å²) in [5.74, 6) is -0.0222. The highest BCUT2D eigenvalue weighted by Gasteiger charge is 2.15. The molecule has 0 aliphatic rings. The Balaban J connectivity index is 2.03. The number of rotatable bonds is 5. The number of fused-ring (bicyclic) bond motifs is 1. The number of benzene rings is 2. The number of ether oxygens (including phenoxy) is 1. The van der Waals surface area contributed by atoms with Crippen LogP contribution in [0.1, 0.15) is 24.7 Å². The molecular formula is C21H19N3O3. The molecule has 0 spiro atoms. The van der Waals surface area contributed by atoms with E-state index >= 15 is 0 Å². The summed E-state index contributed by atoms with van der Waals surface area (Å²) >= 11 is 0. The minimum Gasteiger partial charge on any atom is -0.447 e. The average Bonchev–Trinajstić information content (AvgIpc) is 2.67. The van der Waals surface area contributed by atoms with Gasteiger partial charge in [-0.3, -0.25) is 14.2 Å². The molecule has 1 aromatic heterocycles. The molecular weight excluding hydrogens is 342 g/mol. The second kappa shape index (κ2) is 7.83. The maximum Gasteiger partial charge on any atom is 0.307 e. The van der Waals surface area contributed by atoms with E-state index in [1.54, 1.807) is 18.2 Å². The molecule has 2 aromatic carbocycles. The van der Waals surface area contributed by atoms with E-state index in [0.717, 1.165) is 5.56 Å². The third-order valence-corrected chi connectivity index (χ3v) is 4.18. The number of carbonyl (C=O) groups excluding carboxylic acids is 1. The minimum atomic E-state index is -0.804. The standard InChI is InChI=1S/C21H19N3O3/c1-14-7-9-16(10-8-14)24-19(11-12-20(25)27-15(2)13-22)23-18-6-4-3-5-17(18)21(24)26/h3-10,15H,11-12H2,1-2H3/t15-/m1/s1. The van der Waals surface area contributed by atoms with Gasteiger partial charge in [-0.25, -0.2) is 4.98 Å². The van der Waals surface area contributed by atoms with Crippen molar-refractivity contribution in [2.75, 3.05) is 0 Å². The highest BCUT2D eigenvalue weighted by Crippen LogP contribution is 2.15. The SMILES string of the molecule is Cc1ccc(-n2c(CCC(=O)O[C@H](C)C#N)nc3ccccc3c2=O)cc1. The van der Waals surface area contributed by atoms with Crippen LogP contribution in [0.4, 0.5) is 0 Å². The smallest absolute Gasteiger partial charge is 0.307 e. The van der Waals surface area contributed by atoms with Gasteiger partial charge in [0.25, 0.3) is 5.56 Å². The van der Waals surface area contributed by atoms with Crippen molar-refractivity contribution in [3.63, 3.8) is 0 Å². The number of aryl methyl sites for hydroxylation is 2. The van der Waals surface area contributed by atoms with Crippen LogP contribution >= 0.6 is 0 Å². The summed E-state index contributed by atoms with van der Waals surface area (Å²) in [4.78, 5) is 29.6. The van der Waals surface area contributed by atoms with Gasteiger partial charge < -0.3 is 4.74 Å². The summed E-state index contributed by atoms with van der Waals surface area (Å²) in [6, 6.07) is 16.5. The van der Waals surface area contributed by atoms with Crippen molar-refractivity contribution in [3.8, 4) is 11.8 Å². The van der Waals surface area contributed by atoms with Gasteiger partial charge in [0.05, 0.1) is 23.0 Å². The van der Waals surface area contributed by atoms with Gasteiger partial charge in [-0.05, 0) is 38.1 Å². The number of hydrogen-bond donors (Lipinski definition) is 0. The second-order valence-electron chi connectivity index (χ2n) is 6.28. The molecule has 0 N–H and O–H groups in total. The first-order chi connectivity index (χ1) is 13.0. The summed E-state index contributed by atoms with van der Waals surface area (Å²) in [6.07, 6.45) is -0.547. The normalized spacial score (nSPS) is 11.7. The molecule has 0 aliphatic heterocycles. The quantitative estimate of drug-likeness (QED) is 0.652. The molecule has 3 aromatic rings. The van der Waals surface area contributed by atoms with Gasteiger partial charge in [0.1, 0.15) is 11.9 Å². The van der Waals surface area contributed by atoms with Gasteiger partial charge in [0.15, 0.2) is 6.10 Å². The van der Waals surface area contributed by atoms with E-state index in [2.05, 4.69) is 4.98 Å². The van der Waals surface area contributed by atoms with Gasteiger partial charge >= 0.3 is 5.97 Å². The summed E-state index contributed by atoms with van der Waals surface area (Å²) in [7, 11) is 0. The maximum absolute atomic E-state index is 13.1.